The maximum absolute atomic E-state index is 9.90. The van der Waals surface area contributed by atoms with Crippen molar-refractivity contribution in [2.24, 2.45) is 5.92 Å². The van der Waals surface area contributed by atoms with Crippen LogP contribution >= 0.6 is 0 Å². The largest absolute Gasteiger partial charge is 0.392 e. The van der Waals surface area contributed by atoms with Gasteiger partial charge in [0.05, 0.1) is 6.10 Å². The highest BCUT2D eigenvalue weighted by atomic mass is 16.3. The van der Waals surface area contributed by atoms with E-state index in [0.29, 0.717) is 0 Å². The van der Waals surface area contributed by atoms with Crippen molar-refractivity contribution in [3.05, 3.63) is 60.2 Å². The second-order valence-corrected chi connectivity index (χ2v) is 3.60. The van der Waals surface area contributed by atoms with Crippen LogP contribution < -0.4 is 0 Å². The third-order valence-electron chi connectivity index (χ3n) is 2.51. The van der Waals surface area contributed by atoms with Crippen LogP contribution in [0.25, 0.3) is 0 Å². The van der Waals surface area contributed by atoms with Crippen molar-refractivity contribution < 1.29 is 5.11 Å². The molecule has 0 saturated heterocycles. The fourth-order valence-electron chi connectivity index (χ4n) is 1.70. The van der Waals surface area contributed by atoms with E-state index in [0.717, 1.165) is 6.42 Å². The molecule has 1 N–H and O–H groups in total. The van der Waals surface area contributed by atoms with E-state index in [-0.39, 0.29) is 12.0 Å². The third-order valence-corrected chi connectivity index (χ3v) is 2.51. The van der Waals surface area contributed by atoms with E-state index in [2.05, 4.69) is 0 Å². The fourth-order valence-corrected chi connectivity index (χ4v) is 1.70. The number of aliphatic hydroxyl groups excluding tert-OH is 1. The predicted molar refractivity (Wildman–Crippen MR) is 57.9 cm³/mol. The second-order valence-electron chi connectivity index (χ2n) is 3.60. The molecule has 2 rings (SSSR count). The van der Waals surface area contributed by atoms with Crippen LogP contribution in [0.15, 0.2) is 54.6 Å². The van der Waals surface area contributed by atoms with Crippen LogP contribution in [0.5, 0.6) is 0 Å². The van der Waals surface area contributed by atoms with Gasteiger partial charge < -0.3 is 5.11 Å². The zero-order valence-corrected chi connectivity index (χ0v) is 8.01. The average molecular weight is 186 g/mol. The summed E-state index contributed by atoms with van der Waals surface area (Å²) in [6.45, 7) is 0. The average Bonchev–Trinajstić information content (AvgIpc) is 2.72. The minimum atomic E-state index is -0.299. The Hall–Kier alpha value is -1.34. The lowest BCUT2D eigenvalue weighted by Crippen LogP contribution is -2.18. The molecule has 1 aromatic rings. The number of hydrogen-bond acceptors (Lipinski definition) is 1. The molecule has 0 fully saturated rings. The van der Waals surface area contributed by atoms with Gasteiger partial charge >= 0.3 is 0 Å². The summed E-state index contributed by atoms with van der Waals surface area (Å²) in [5.74, 6) is 0.190. The summed E-state index contributed by atoms with van der Waals surface area (Å²) >= 11 is 0. The highest BCUT2D eigenvalue weighted by Gasteiger charge is 2.15. The van der Waals surface area contributed by atoms with Crippen LogP contribution in [0.4, 0.5) is 0 Å². The van der Waals surface area contributed by atoms with E-state index < -0.39 is 0 Å². The normalized spacial score (nSPS) is 17.5. The second kappa shape index (κ2) is 4.25. The summed E-state index contributed by atoms with van der Waals surface area (Å²) in [4.78, 5) is 0. The van der Waals surface area contributed by atoms with Crippen LogP contribution in [-0.2, 0) is 6.42 Å². The number of hydrogen-bond donors (Lipinski definition) is 1. The smallest absolute Gasteiger partial charge is 0.0677 e. The number of rotatable bonds is 3. The minimum absolute atomic E-state index is 0.190. The van der Waals surface area contributed by atoms with Crippen molar-refractivity contribution in [3.8, 4) is 0 Å². The fraction of sp³-hybridized carbons (Fsp3) is 0.231. The Morgan fingerprint density at radius 3 is 2.36 bits per heavy atom. The highest BCUT2D eigenvalue weighted by Crippen LogP contribution is 2.17. The maximum atomic E-state index is 9.90. The van der Waals surface area contributed by atoms with Gasteiger partial charge in [-0.2, -0.15) is 0 Å². The van der Waals surface area contributed by atoms with Gasteiger partial charge in [0.2, 0.25) is 0 Å². The molecule has 1 aliphatic carbocycles. The van der Waals surface area contributed by atoms with Gasteiger partial charge in [0.15, 0.2) is 0 Å². The number of aliphatic hydroxyl groups is 1. The summed E-state index contributed by atoms with van der Waals surface area (Å²) in [6.07, 6.45) is 8.46. The summed E-state index contributed by atoms with van der Waals surface area (Å²) < 4.78 is 0. The first kappa shape index (κ1) is 9.22. The van der Waals surface area contributed by atoms with Crippen LogP contribution in [0.1, 0.15) is 5.56 Å². The molecule has 0 saturated carbocycles. The van der Waals surface area contributed by atoms with E-state index in [1.165, 1.54) is 5.56 Å². The molecular formula is C13H14O. The first-order chi connectivity index (χ1) is 6.86. The molecule has 0 radical (unpaired) electrons. The van der Waals surface area contributed by atoms with Crippen molar-refractivity contribution >= 4 is 0 Å². The topological polar surface area (TPSA) is 20.2 Å². The highest BCUT2D eigenvalue weighted by molar-refractivity contribution is 5.22. The van der Waals surface area contributed by atoms with Crippen molar-refractivity contribution in [2.45, 2.75) is 12.5 Å². The van der Waals surface area contributed by atoms with Crippen LogP contribution in [0.3, 0.4) is 0 Å². The number of allylic oxidation sites excluding steroid dienone is 2. The Labute approximate surface area is 84.4 Å². The Kier molecular flexibility index (Phi) is 2.80. The molecule has 0 bridgehead atoms. The van der Waals surface area contributed by atoms with E-state index in [4.69, 9.17) is 0 Å². The minimum Gasteiger partial charge on any atom is -0.392 e. The van der Waals surface area contributed by atoms with Crippen molar-refractivity contribution in [3.63, 3.8) is 0 Å². The third kappa shape index (κ3) is 2.12. The summed E-state index contributed by atoms with van der Waals surface area (Å²) in [6, 6.07) is 10.1. The summed E-state index contributed by atoms with van der Waals surface area (Å²) in [5, 5.41) is 9.90. The molecule has 1 aliphatic rings. The monoisotopic (exact) mass is 186 g/mol. The maximum Gasteiger partial charge on any atom is 0.0677 e. The standard InChI is InChI=1S/C13H14O/c14-13(12-8-4-5-9-12)10-11-6-2-1-3-7-11/h1-9,12-14H,10H2. The Bertz CT molecular complexity index is 326. The lowest BCUT2D eigenvalue weighted by Gasteiger charge is -2.14. The van der Waals surface area contributed by atoms with Gasteiger partial charge in [0, 0.05) is 5.92 Å². The van der Waals surface area contributed by atoms with Crippen LogP contribution in [0.2, 0.25) is 0 Å². The Morgan fingerprint density at radius 1 is 1.07 bits per heavy atom. The van der Waals surface area contributed by atoms with E-state index in [1.807, 2.05) is 54.6 Å². The summed E-state index contributed by atoms with van der Waals surface area (Å²) in [7, 11) is 0. The molecule has 0 aromatic heterocycles. The van der Waals surface area contributed by atoms with Crippen LogP contribution in [0, 0.1) is 5.92 Å². The van der Waals surface area contributed by atoms with Gasteiger partial charge in [-0.05, 0) is 12.0 Å². The molecule has 0 aliphatic heterocycles. The van der Waals surface area contributed by atoms with Gasteiger partial charge in [0.25, 0.3) is 0 Å². The quantitative estimate of drug-likeness (QED) is 0.768. The van der Waals surface area contributed by atoms with Gasteiger partial charge in [-0.15, -0.1) is 0 Å². The molecule has 1 unspecified atom stereocenters. The molecule has 0 spiro atoms. The Balaban J connectivity index is 1.98. The molecule has 0 heterocycles. The van der Waals surface area contributed by atoms with Crippen LogP contribution in [-0.4, -0.2) is 11.2 Å². The molecule has 1 atom stereocenters. The van der Waals surface area contributed by atoms with E-state index in [9.17, 15) is 5.11 Å². The SMILES string of the molecule is OC(Cc1ccccc1)C1C=CC=C1. The van der Waals surface area contributed by atoms with E-state index >= 15 is 0 Å². The van der Waals surface area contributed by atoms with Gasteiger partial charge in [-0.3, -0.25) is 0 Å². The van der Waals surface area contributed by atoms with Crippen molar-refractivity contribution in [1.82, 2.24) is 0 Å². The molecule has 1 nitrogen and oxygen atoms in total. The predicted octanol–water partition coefficient (Wildman–Crippen LogP) is 2.33. The molecule has 14 heavy (non-hydrogen) atoms. The molecule has 72 valence electrons. The lowest BCUT2D eigenvalue weighted by atomic mass is 9.97. The van der Waals surface area contributed by atoms with Gasteiger partial charge in [0.1, 0.15) is 0 Å². The first-order valence-corrected chi connectivity index (χ1v) is 4.93. The van der Waals surface area contributed by atoms with Gasteiger partial charge in [-0.25, -0.2) is 0 Å². The Morgan fingerprint density at radius 2 is 1.71 bits per heavy atom. The first-order valence-electron chi connectivity index (χ1n) is 4.93. The number of benzene rings is 1. The summed E-state index contributed by atoms with van der Waals surface area (Å²) in [5.41, 5.74) is 1.19. The lowest BCUT2D eigenvalue weighted by molar-refractivity contribution is 0.150. The zero-order valence-electron chi connectivity index (χ0n) is 8.01. The molecule has 0 amide bonds. The van der Waals surface area contributed by atoms with Crippen molar-refractivity contribution in [1.29, 1.82) is 0 Å². The van der Waals surface area contributed by atoms with Gasteiger partial charge in [-0.1, -0.05) is 54.6 Å². The molecular weight excluding hydrogens is 172 g/mol. The molecule has 1 heteroatoms. The van der Waals surface area contributed by atoms with Crippen molar-refractivity contribution in [2.75, 3.05) is 0 Å². The zero-order chi connectivity index (χ0) is 9.80. The molecule has 1 aromatic carbocycles. The van der Waals surface area contributed by atoms with E-state index in [1.54, 1.807) is 0 Å².